The number of anilines is 1. The zero-order valence-electron chi connectivity index (χ0n) is 9.59. The van der Waals surface area contributed by atoms with Crippen molar-refractivity contribution in [3.05, 3.63) is 29.3 Å². The SMILES string of the molecule is CC(C)Nc1cccc2c1C(CN)CC2. The van der Waals surface area contributed by atoms with E-state index in [1.807, 2.05) is 0 Å². The Morgan fingerprint density at radius 2 is 2.27 bits per heavy atom. The normalized spacial score (nSPS) is 19.3. The van der Waals surface area contributed by atoms with Crippen molar-refractivity contribution in [2.24, 2.45) is 5.73 Å². The van der Waals surface area contributed by atoms with E-state index in [4.69, 9.17) is 5.73 Å². The molecule has 1 aliphatic carbocycles. The van der Waals surface area contributed by atoms with E-state index in [1.54, 1.807) is 0 Å². The van der Waals surface area contributed by atoms with Gasteiger partial charge in [0.25, 0.3) is 0 Å². The van der Waals surface area contributed by atoms with Gasteiger partial charge in [-0.1, -0.05) is 12.1 Å². The first-order valence-corrected chi connectivity index (χ1v) is 5.80. The molecule has 2 heteroatoms. The molecule has 1 aliphatic rings. The van der Waals surface area contributed by atoms with E-state index < -0.39 is 0 Å². The van der Waals surface area contributed by atoms with Gasteiger partial charge in [0.1, 0.15) is 0 Å². The van der Waals surface area contributed by atoms with Crippen LogP contribution in [0, 0.1) is 0 Å². The second-order valence-electron chi connectivity index (χ2n) is 4.65. The molecule has 3 N–H and O–H groups in total. The van der Waals surface area contributed by atoms with Crippen LogP contribution in [0.15, 0.2) is 18.2 Å². The van der Waals surface area contributed by atoms with Crippen LogP contribution in [-0.2, 0) is 6.42 Å². The predicted octanol–water partition coefficient (Wildman–Crippen LogP) is 2.50. The molecule has 82 valence electrons. The van der Waals surface area contributed by atoms with Gasteiger partial charge >= 0.3 is 0 Å². The number of nitrogens with one attached hydrogen (secondary N) is 1. The van der Waals surface area contributed by atoms with Crippen molar-refractivity contribution in [2.45, 2.75) is 38.6 Å². The van der Waals surface area contributed by atoms with E-state index in [-0.39, 0.29) is 0 Å². The van der Waals surface area contributed by atoms with E-state index >= 15 is 0 Å². The van der Waals surface area contributed by atoms with Crippen molar-refractivity contribution in [3.63, 3.8) is 0 Å². The van der Waals surface area contributed by atoms with Gasteiger partial charge in [0.15, 0.2) is 0 Å². The van der Waals surface area contributed by atoms with Crippen molar-refractivity contribution in [1.29, 1.82) is 0 Å². The maximum absolute atomic E-state index is 5.82. The van der Waals surface area contributed by atoms with E-state index in [0.717, 1.165) is 6.54 Å². The summed E-state index contributed by atoms with van der Waals surface area (Å²) in [5.74, 6) is 0.558. The summed E-state index contributed by atoms with van der Waals surface area (Å²) in [6.07, 6.45) is 2.40. The minimum Gasteiger partial charge on any atom is -0.383 e. The minimum atomic E-state index is 0.482. The standard InChI is InChI=1S/C13H20N2/c1-9(2)15-12-5-3-4-10-6-7-11(8-14)13(10)12/h3-5,9,11,15H,6-8,14H2,1-2H3. The van der Waals surface area contributed by atoms with E-state index in [9.17, 15) is 0 Å². The molecule has 1 aromatic rings. The Labute approximate surface area is 91.9 Å². The summed E-state index contributed by atoms with van der Waals surface area (Å²) in [6.45, 7) is 5.11. The summed E-state index contributed by atoms with van der Waals surface area (Å²) in [7, 11) is 0. The lowest BCUT2D eigenvalue weighted by Gasteiger charge is -2.18. The Balaban J connectivity index is 2.35. The molecule has 0 saturated heterocycles. The van der Waals surface area contributed by atoms with Gasteiger partial charge in [-0.05, 0) is 56.3 Å². The molecule has 0 aromatic heterocycles. The first-order valence-electron chi connectivity index (χ1n) is 5.80. The van der Waals surface area contributed by atoms with Gasteiger partial charge in [0, 0.05) is 11.7 Å². The Morgan fingerprint density at radius 1 is 1.47 bits per heavy atom. The Morgan fingerprint density at radius 3 is 2.93 bits per heavy atom. The second kappa shape index (κ2) is 4.23. The Bertz CT molecular complexity index is 344. The van der Waals surface area contributed by atoms with Crippen molar-refractivity contribution in [1.82, 2.24) is 0 Å². The smallest absolute Gasteiger partial charge is 0.0380 e. The third kappa shape index (κ3) is 2.00. The lowest BCUT2D eigenvalue weighted by atomic mass is 9.99. The topological polar surface area (TPSA) is 38.0 Å². The summed E-state index contributed by atoms with van der Waals surface area (Å²) < 4.78 is 0. The fourth-order valence-corrected chi connectivity index (χ4v) is 2.46. The van der Waals surface area contributed by atoms with E-state index in [1.165, 1.54) is 29.7 Å². The maximum Gasteiger partial charge on any atom is 0.0380 e. The molecule has 15 heavy (non-hydrogen) atoms. The van der Waals surface area contributed by atoms with Crippen LogP contribution in [0.3, 0.4) is 0 Å². The minimum absolute atomic E-state index is 0.482. The van der Waals surface area contributed by atoms with Gasteiger partial charge in [-0.15, -0.1) is 0 Å². The van der Waals surface area contributed by atoms with Crippen LogP contribution in [-0.4, -0.2) is 12.6 Å². The van der Waals surface area contributed by atoms with Crippen LogP contribution in [0.5, 0.6) is 0 Å². The number of hydrogen-bond acceptors (Lipinski definition) is 2. The second-order valence-corrected chi connectivity index (χ2v) is 4.65. The number of nitrogens with two attached hydrogens (primary N) is 1. The van der Waals surface area contributed by atoms with Crippen molar-refractivity contribution < 1.29 is 0 Å². The first kappa shape index (κ1) is 10.5. The molecule has 0 radical (unpaired) electrons. The monoisotopic (exact) mass is 204 g/mol. The third-order valence-electron chi connectivity index (χ3n) is 3.10. The van der Waals surface area contributed by atoms with Crippen LogP contribution in [0.2, 0.25) is 0 Å². The van der Waals surface area contributed by atoms with Crippen LogP contribution < -0.4 is 11.1 Å². The quantitative estimate of drug-likeness (QED) is 0.794. The number of fused-ring (bicyclic) bond motifs is 1. The van der Waals surface area contributed by atoms with Crippen molar-refractivity contribution >= 4 is 5.69 Å². The number of benzene rings is 1. The maximum atomic E-state index is 5.82. The van der Waals surface area contributed by atoms with Crippen LogP contribution in [0.4, 0.5) is 5.69 Å². The molecule has 0 heterocycles. The molecule has 1 aromatic carbocycles. The molecule has 2 rings (SSSR count). The van der Waals surface area contributed by atoms with E-state index in [0.29, 0.717) is 12.0 Å². The van der Waals surface area contributed by atoms with Gasteiger partial charge in [-0.25, -0.2) is 0 Å². The highest BCUT2D eigenvalue weighted by Gasteiger charge is 2.23. The molecule has 0 aliphatic heterocycles. The molecule has 0 fully saturated rings. The number of hydrogen-bond donors (Lipinski definition) is 2. The number of rotatable bonds is 3. The Kier molecular flexibility index (Phi) is 2.96. The van der Waals surface area contributed by atoms with Crippen LogP contribution in [0.1, 0.15) is 37.3 Å². The molecule has 1 unspecified atom stereocenters. The summed E-state index contributed by atoms with van der Waals surface area (Å²) in [4.78, 5) is 0. The Hall–Kier alpha value is -1.02. The highest BCUT2D eigenvalue weighted by Crippen LogP contribution is 2.37. The third-order valence-corrected chi connectivity index (χ3v) is 3.10. The van der Waals surface area contributed by atoms with Gasteiger partial charge in [-0.2, -0.15) is 0 Å². The predicted molar refractivity (Wildman–Crippen MR) is 65.3 cm³/mol. The first-order chi connectivity index (χ1) is 7.22. The fraction of sp³-hybridized carbons (Fsp3) is 0.538. The number of aryl methyl sites for hydroxylation is 1. The highest BCUT2D eigenvalue weighted by atomic mass is 14.9. The van der Waals surface area contributed by atoms with Gasteiger partial charge in [-0.3, -0.25) is 0 Å². The molecular weight excluding hydrogens is 184 g/mol. The average Bonchev–Trinajstić information content (AvgIpc) is 2.61. The lowest BCUT2D eigenvalue weighted by molar-refractivity contribution is 0.688. The van der Waals surface area contributed by atoms with Gasteiger partial charge < -0.3 is 11.1 Å². The molecule has 0 bridgehead atoms. The van der Waals surface area contributed by atoms with Crippen LogP contribution >= 0.6 is 0 Å². The lowest BCUT2D eigenvalue weighted by Crippen LogP contribution is -2.15. The zero-order chi connectivity index (χ0) is 10.8. The van der Waals surface area contributed by atoms with Crippen molar-refractivity contribution in [2.75, 3.05) is 11.9 Å². The van der Waals surface area contributed by atoms with Gasteiger partial charge in [0.05, 0.1) is 0 Å². The summed E-state index contributed by atoms with van der Waals surface area (Å²) >= 11 is 0. The van der Waals surface area contributed by atoms with Crippen LogP contribution in [0.25, 0.3) is 0 Å². The van der Waals surface area contributed by atoms with Gasteiger partial charge in [0.2, 0.25) is 0 Å². The fourth-order valence-electron chi connectivity index (χ4n) is 2.46. The summed E-state index contributed by atoms with van der Waals surface area (Å²) in [6, 6.07) is 7.03. The summed E-state index contributed by atoms with van der Waals surface area (Å²) in [5, 5.41) is 3.51. The van der Waals surface area contributed by atoms with E-state index in [2.05, 4.69) is 37.4 Å². The molecule has 0 saturated carbocycles. The largest absolute Gasteiger partial charge is 0.383 e. The zero-order valence-corrected chi connectivity index (χ0v) is 9.59. The molecular formula is C13H20N2. The van der Waals surface area contributed by atoms with Crippen molar-refractivity contribution in [3.8, 4) is 0 Å². The summed E-state index contributed by atoms with van der Waals surface area (Å²) in [5.41, 5.74) is 10.1. The highest BCUT2D eigenvalue weighted by molar-refractivity contribution is 5.58. The molecule has 2 nitrogen and oxygen atoms in total. The average molecular weight is 204 g/mol. The molecule has 0 spiro atoms. The molecule has 1 atom stereocenters. The molecule has 0 amide bonds.